The number of carbonyl (C=O) groups excluding carboxylic acids is 1. The van der Waals surface area contributed by atoms with Gasteiger partial charge in [-0.2, -0.15) is 0 Å². The Balaban J connectivity index is 1.57. The normalized spacial score (nSPS) is 19.6. The summed E-state index contributed by atoms with van der Waals surface area (Å²) in [5, 5.41) is 6.36. The van der Waals surface area contributed by atoms with E-state index < -0.39 is 0 Å². The van der Waals surface area contributed by atoms with Crippen molar-refractivity contribution in [3.8, 4) is 0 Å². The van der Waals surface area contributed by atoms with Crippen LogP contribution in [0, 0.1) is 5.92 Å². The summed E-state index contributed by atoms with van der Waals surface area (Å²) >= 11 is 0. The number of hydrogen-bond donors (Lipinski definition) is 2. The summed E-state index contributed by atoms with van der Waals surface area (Å²) in [7, 11) is 0. The van der Waals surface area contributed by atoms with Gasteiger partial charge in [-0.1, -0.05) is 19.3 Å². The highest BCUT2D eigenvalue weighted by molar-refractivity contribution is 5.92. The largest absolute Gasteiger partial charge is 0.367 e. The molecule has 0 saturated heterocycles. The van der Waals surface area contributed by atoms with Crippen molar-refractivity contribution in [1.82, 2.24) is 15.3 Å². The Labute approximate surface area is 119 Å². The predicted octanol–water partition coefficient (Wildman–Crippen LogP) is 2.36. The summed E-state index contributed by atoms with van der Waals surface area (Å²) in [6.45, 7) is 0.772. The summed E-state index contributed by atoms with van der Waals surface area (Å²) in [5.74, 6) is 1.36. The lowest BCUT2D eigenvalue weighted by Crippen LogP contribution is -2.27. The number of amides is 1. The Morgan fingerprint density at radius 2 is 1.95 bits per heavy atom. The summed E-state index contributed by atoms with van der Waals surface area (Å²) in [5.41, 5.74) is 0.457. The summed E-state index contributed by atoms with van der Waals surface area (Å²) in [4.78, 5) is 20.3. The van der Waals surface area contributed by atoms with Gasteiger partial charge < -0.3 is 10.6 Å². The van der Waals surface area contributed by atoms with E-state index in [9.17, 15) is 4.79 Å². The van der Waals surface area contributed by atoms with E-state index in [0.29, 0.717) is 17.7 Å². The summed E-state index contributed by atoms with van der Waals surface area (Å²) in [6, 6.07) is 2.25. The fourth-order valence-corrected chi connectivity index (χ4v) is 2.67. The van der Waals surface area contributed by atoms with E-state index in [2.05, 4.69) is 20.6 Å². The minimum atomic E-state index is -0.0917. The highest BCUT2D eigenvalue weighted by Crippen LogP contribution is 2.27. The van der Waals surface area contributed by atoms with E-state index in [0.717, 1.165) is 12.4 Å². The second-order valence-electron chi connectivity index (χ2n) is 5.92. The van der Waals surface area contributed by atoms with Crippen molar-refractivity contribution in [1.29, 1.82) is 0 Å². The smallest absolute Gasteiger partial charge is 0.270 e. The second-order valence-corrected chi connectivity index (χ2v) is 5.92. The third-order valence-corrected chi connectivity index (χ3v) is 4.11. The SMILES string of the molecule is O=C(NCC1CC1)c1cc(NC2CCCCC2)ncn1. The lowest BCUT2D eigenvalue weighted by Gasteiger charge is -2.23. The number of aromatic nitrogens is 2. The van der Waals surface area contributed by atoms with Crippen LogP contribution in [0.25, 0.3) is 0 Å². The molecule has 2 aliphatic carbocycles. The van der Waals surface area contributed by atoms with Crippen molar-refractivity contribution in [3.63, 3.8) is 0 Å². The molecule has 2 fully saturated rings. The molecule has 0 bridgehead atoms. The van der Waals surface area contributed by atoms with Gasteiger partial charge in [-0.05, 0) is 31.6 Å². The van der Waals surface area contributed by atoms with Crippen molar-refractivity contribution in [3.05, 3.63) is 18.1 Å². The molecule has 0 radical (unpaired) electrons. The second kappa shape index (κ2) is 6.20. The quantitative estimate of drug-likeness (QED) is 0.865. The first kappa shape index (κ1) is 13.3. The van der Waals surface area contributed by atoms with Gasteiger partial charge in [0, 0.05) is 18.7 Å². The van der Waals surface area contributed by atoms with E-state index in [1.165, 1.54) is 51.3 Å². The molecule has 0 atom stereocenters. The zero-order valence-corrected chi connectivity index (χ0v) is 11.8. The molecule has 3 rings (SSSR count). The number of anilines is 1. The molecule has 2 saturated carbocycles. The Morgan fingerprint density at radius 1 is 1.15 bits per heavy atom. The number of rotatable bonds is 5. The van der Waals surface area contributed by atoms with Gasteiger partial charge in [-0.25, -0.2) is 9.97 Å². The maximum atomic E-state index is 12.0. The molecule has 1 amide bonds. The average molecular weight is 274 g/mol. The maximum absolute atomic E-state index is 12.0. The van der Waals surface area contributed by atoms with Crippen LogP contribution < -0.4 is 10.6 Å². The van der Waals surface area contributed by atoms with Gasteiger partial charge in [-0.15, -0.1) is 0 Å². The van der Waals surface area contributed by atoms with Gasteiger partial charge in [0.15, 0.2) is 0 Å². The molecular weight excluding hydrogens is 252 g/mol. The van der Waals surface area contributed by atoms with Crippen LogP contribution in [0.15, 0.2) is 12.4 Å². The van der Waals surface area contributed by atoms with Gasteiger partial charge in [0.05, 0.1) is 0 Å². The van der Waals surface area contributed by atoms with E-state index in [1.807, 2.05) is 0 Å². The third kappa shape index (κ3) is 3.68. The zero-order valence-electron chi connectivity index (χ0n) is 11.8. The molecule has 108 valence electrons. The fourth-order valence-electron chi connectivity index (χ4n) is 2.67. The third-order valence-electron chi connectivity index (χ3n) is 4.11. The van der Waals surface area contributed by atoms with Crippen molar-refractivity contribution >= 4 is 11.7 Å². The van der Waals surface area contributed by atoms with E-state index in [4.69, 9.17) is 0 Å². The van der Waals surface area contributed by atoms with Crippen LogP contribution in [0.3, 0.4) is 0 Å². The fraction of sp³-hybridized carbons (Fsp3) is 0.667. The summed E-state index contributed by atoms with van der Waals surface area (Å²) in [6.07, 6.45) is 10.2. The topological polar surface area (TPSA) is 66.9 Å². The zero-order chi connectivity index (χ0) is 13.8. The van der Waals surface area contributed by atoms with Crippen LogP contribution in [0.2, 0.25) is 0 Å². The highest BCUT2D eigenvalue weighted by Gasteiger charge is 2.22. The number of nitrogens with zero attached hydrogens (tertiary/aromatic N) is 2. The monoisotopic (exact) mass is 274 g/mol. The first-order valence-corrected chi connectivity index (χ1v) is 7.68. The molecule has 1 aromatic rings. The molecule has 0 unspecified atom stereocenters. The van der Waals surface area contributed by atoms with Crippen LogP contribution in [0.1, 0.15) is 55.4 Å². The Bertz CT molecular complexity index is 467. The van der Waals surface area contributed by atoms with E-state index >= 15 is 0 Å². The molecule has 5 nitrogen and oxygen atoms in total. The van der Waals surface area contributed by atoms with Crippen LogP contribution in [0.5, 0.6) is 0 Å². The van der Waals surface area contributed by atoms with E-state index in [-0.39, 0.29) is 5.91 Å². The van der Waals surface area contributed by atoms with Crippen LogP contribution in [-0.4, -0.2) is 28.5 Å². The average Bonchev–Trinajstić information content (AvgIpc) is 3.30. The van der Waals surface area contributed by atoms with E-state index in [1.54, 1.807) is 6.07 Å². The Kier molecular flexibility index (Phi) is 4.14. The first-order valence-electron chi connectivity index (χ1n) is 7.68. The van der Waals surface area contributed by atoms with Gasteiger partial charge in [0.1, 0.15) is 17.8 Å². The molecule has 0 spiro atoms. The number of nitrogens with one attached hydrogen (secondary N) is 2. The van der Waals surface area contributed by atoms with Crippen molar-refractivity contribution in [2.24, 2.45) is 5.92 Å². The van der Waals surface area contributed by atoms with Crippen molar-refractivity contribution < 1.29 is 4.79 Å². The minimum absolute atomic E-state index is 0.0917. The molecule has 1 aromatic heterocycles. The molecule has 0 aromatic carbocycles. The van der Waals surface area contributed by atoms with Crippen molar-refractivity contribution in [2.75, 3.05) is 11.9 Å². The highest BCUT2D eigenvalue weighted by atomic mass is 16.1. The predicted molar refractivity (Wildman–Crippen MR) is 77.6 cm³/mol. The molecular formula is C15H22N4O. The number of hydrogen-bond acceptors (Lipinski definition) is 4. The minimum Gasteiger partial charge on any atom is -0.367 e. The van der Waals surface area contributed by atoms with Gasteiger partial charge in [-0.3, -0.25) is 4.79 Å². The van der Waals surface area contributed by atoms with Gasteiger partial charge in [0.25, 0.3) is 5.91 Å². The molecule has 1 heterocycles. The number of carbonyl (C=O) groups is 1. The Hall–Kier alpha value is -1.65. The molecule has 0 aliphatic heterocycles. The summed E-state index contributed by atoms with van der Waals surface area (Å²) < 4.78 is 0. The molecule has 5 heteroatoms. The van der Waals surface area contributed by atoms with Crippen molar-refractivity contribution in [2.45, 2.75) is 51.0 Å². The first-order chi connectivity index (χ1) is 9.81. The van der Waals surface area contributed by atoms with Crippen LogP contribution >= 0.6 is 0 Å². The van der Waals surface area contributed by atoms with Crippen LogP contribution in [0.4, 0.5) is 5.82 Å². The van der Waals surface area contributed by atoms with Crippen LogP contribution in [-0.2, 0) is 0 Å². The Morgan fingerprint density at radius 3 is 2.70 bits per heavy atom. The maximum Gasteiger partial charge on any atom is 0.270 e. The molecule has 2 N–H and O–H groups in total. The lowest BCUT2D eigenvalue weighted by molar-refractivity contribution is 0.0946. The van der Waals surface area contributed by atoms with Gasteiger partial charge >= 0.3 is 0 Å². The molecule has 20 heavy (non-hydrogen) atoms. The van der Waals surface area contributed by atoms with Gasteiger partial charge in [0.2, 0.25) is 0 Å². The lowest BCUT2D eigenvalue weighted by atomic mass is 9.95. The molecule has 2 aliphatic rings. The standard InChI is InChI=1S/C15H22N4O/c20-15(16-9-11-6-7-11)13-8-14(18-10-17-13)19-12-4-2-1-3-5-12/h8,10-12H,1-7,9H2,(H,16,20)(H,17,18,19).